The second kappa shape index (κ2) is 6.79. The first-order chi connectivity index (χ1) is 9.21. The molecule has 1 atom stereocenters. The number of hydrogen-bond donors (Lipinski definition) is 2. The average Bonchev–Trinajstić information content (AvgIpc) is 2.31. The number of hydrogen-bond acceptors (Lipinski definition) is 2. The largest absolute Gasteiger partial charge is 0.394 e. The van der Waals surface area contributed by atoms with Gasteiger partial charge < -0.3 is 10.4 Å². The van der Waals surface area contributed by atoms with Crippen molar-refractivity contribution in [3.05, 3.63) is 35.4 Å². The molecule has 20 heavy (non-hydrogen) atoms. The molecule has 1 amide bonds. The SMILES string of the molecule is CC(C)(C)C[C@@H](CO)NC(=O)Cc1ccc(F)c(F)c1. The Labute approximate surface area is 118 Å². The Morgan fingerprint density at radius 3 is 2.45 bits per heavy atom. The van der Waals surface area contributed by atoms with Crippen molar-refractivity contribution in [2.75, 3.05) is 6.61 Å². The van der Waals surface area contributed by atoms with Crippen molar-refractivity contribution in [2.45, 2.75) is 39.7 Å². The number of amides is 1. The summed E-state index contributed by atoms with van der Waals surface area (Å²) in [5, 5.41) is 12.0. The van der Waals surface area contributed by atoms with E-state index in [0.29, 0.717) is 12.0 Å². The third kappa shape index (κ3) is 5.65. The Balaban J connectivity index is 2.59. The van der Waals surface area contributed by atoms with Crippen LogP contribution in [0.2, 0.25) is 0 Å². The first-order valence-electron chi connectivity index (χ1n) is 6.55. The van der Waals surface area contributed by atoms with Gasteiger partial charge in [-0.1, -0.05) is 26.8 Å². The molecule has 5 heteroatoms. The predicted molar refractivity (Wildman–Crippen MR) is 73.2 cm³/mol. The van der Waals surface area contributed by atoms with E-state index in [1.54, 1.807) is 0 Å². The molecular formula is C15H21F2NO2. The van der Waals surface area contributed by atoms with Gasteiger partial charge in [-0.2, -0.15) is 0 Å². The second-order valence-electron chi connectivity index (χ2n) is 6.14. The average molecular weight is 285 g/mol. The third-order valence-electron chi connectivity index (χ3n) is 2.79. The number of nitrogens with one attached hydrogen (secondary N) is 1. The maximum absolute atomic E-state index is 13.0. The number of rotatable bonds is 5. The van der Waals surface area contributed by atoms with Crippen molar-refractivity contribution in [2.24, 2.45) is 5.41 Å². The van der Waals surface area contributed by atoms with Crippen LogP contribution in [0, 0.1) is 17.0 Å². The lowest BCUT2D eigenvalue weighted by molar-refractivity contribution is -0.121. The highest BCUT2D eigenvalue weighted by Crippen LogP contribution is 2.20. The molecule has 0 bridgehead atoms. The van der Waals surface area contributed by atoms with Crippen molar-refractivity contribution in [1.29, 1.82) is 0 Å². The lowest BCUT2D eigenvalue weighted by atomic mass is 9.88. The van der Waals surface area contributed by atoms with E-state index in [9.17, 15) is 18.7 Å². The summed E-state index contributed by atoms with van der Waals surface area (Å²) < 4.78 is 25.8. The third-order valence-corrected chi connectivity index (χ3v) is 2.79. The molecule has 0 heterocycles. The van der Waals surface area contributed by atoms with Gasteiger partial charge in [0.1, 0.15) is 0 Å². The number of aliphatic hydroxyl groups is 1. The fraction of sp³-hybridized carbons (Fsp3) is 0.533. The van der Waals surface area contributed by atoms with Crippen LogP contribution in [0.25, 0.3) is 0 Å². The summed E-state index contributed by atoms with van der Waals surface area (Å²) in [4.78, 5) is 11.8. The number of benzene rings is 1. The fourth-order valence-electron chi connectivity index (χ4n) is 2.01. The molecule has 0 aliphatic rings. The van der Waals surface area contributed by atoms with Crippen LogP contribution in [0.3, 0.4) is 0 Å². The summed E-state index contributed by atoms with van der Waals surface area (Å²) in [5.41, 5.74) is 0.372. The monoisotopic (exact) mass is 285 g/mol. The van der Waals surface area contributed by atoms with Gasteiger partial charge in [0.2, 0.25) is 5.91 Å². The minimum atomic E-state index is -0.969. The molecule has 0 aliphatic carbocycles. The lowest BCUT2D eigenvalue weighted by Crippen LogP contribution is -2.40. The summed E-state index contributed by atoms with van der Waals surface area (Å²) in [7, 11) is 0. The molecule has 1 rings (SSSR count). The van der Waals surface area contributed by atoms with Crippen molar-refractivity contribution in [1.82, 2.24) is 5.32 Å². The Hall–Kier alpha value is -1.49. The molecule has 0 aliphatic heterocycles. The summed E-state index contributed by atoms with van der Waals surface area (Å²) in [5.74, 6) is -2.22. The zero-order chi connectivity index (χ0) is 15.3. The quantitative estimate of drug-likeness (QED) is 0.873. The molecule has 0 radical (unpaired) electrons. The maximum atomic E-state index is 13.0. The van der Waals surface area contributed by atoms with Crippen molar-refractivity contribution in [3.63, 3.8) is 0 Å². The van der Waals surface area contributed by atoms with E-state index in [2.05, 4.69) is 5.32 Å². The Bertz CT molecular complexity index is 469. The molecule has 1 aromatic rings. The summed E-state index contributed by atoms with van der Waals surface area (Å²) in [6.45, 7) is 5.88. The van der Waals surface area contributed by atoms with E-state index in [-0.39, 0.29) is 30.4 Å². The summed E-state index contributed by atoms with van der Waals surface area (Å²) in [6, 6.07) is 3.03. The standard InChI is InChI=1S/C15H21F2NO2/c1-15(2,3)8-11(9-19)18-14(20)7-10-4-5-12(16)13(17)6-10/h4-6,11,19H,7-9H2,1-3H3,(H,18,20)/t11-/m0/s1. The minimum Gasteiger partial charge on any atom is -0.394 e. The van der Waals surface area contributed by atoms with Crippen LogP contribution in [0.15, 0.2) is 18.2 Å². The fourth-order valence-corrected chi connectivity index (χ4v) is 2.01. The van der Waals surface area contributed by atoms with E-state index >= 15 is 0 Å². The van der Waals surface area contributed by atoms with Crippen LogP contribution in [-0.4, -0.2) is 23.7 Å². The van der Waals surface area contributed by atoms with Crippen LogP contribution >= 0.6 is 0 Å². The molecular weight excluding hydrogens is 264 g/mol. The van der Waals surface area contributed by atoms with E-state index in [4.69, 9.17) is 0 Å². The van der Waals surface area contributed by atoms with Gasteiger partial charge in [0.25, 0.3) is 0 Å². The molecule has 3 nitrogen and oxygen atoms in total. The second-order valence-corrected chi connectivity index (χ2v) is 6.14. The van der Waals surface area contributed by atoms with E-state index in [0.717, 1.165) is 12.1 Å². The number of aliphatic hydroxyl groups excluding tert-OH is 1. The lowest BCUT2D eigenvalue weighted by Gasteiger charge is -2.25. The molecule has 0 saturated heterocycles. The highest BCUT2D eigenvalue weighted by atomic mass is 19.2. The molecule has 0 aromatic heterocycles. The van der Waals surface area contributed by atoms with Gasteiger partial charge in [-0.15, -0.1) is 0 Å². The van der Waals surface area contributed by atoms with Gasteiger partial charge in [-0.05, 0) is 29.5 Å². The van der Waals surface area contributed by atoms with Gasteiger partial charge in [0.15, 0.2) is 11.6 Å². The van der Waals surface area contributed by atoms with Gasteiger partial charge in [-0.25, -0.2) is 8.78 Å². The zero-order valence-corrected chi connectivity index (χ0v) is 12.0. The Kier molecular flexibility index (Phi) is 5.62. The minimum absolute atomic E-state index is 0.0251. The summed E-state index contributed by atoms with van der Waals surface area (Å²) in [6.07, 6.45) is 0.588. The topological polar surface area (TPSA) is 49.3 Å². The molecule has 0 saturated carbocycles. The number of halogens is 2. The smallest absolute Gasteiger partial charge is 0.224 e. The van der Waals surface area contributed by atoms with E-state index in [1.807, 2.05) is 20.8 Å². The van der Waals surface area contributed by atoms with Crippen LogP contribution < -0.4 is 5.32 Å². The van der Waals surface area contributed by atoms with Crippen LogP contribution in [0.4, 0.5) is 8.78 Å². The Morgan fingerprint density at radius 1 is 1.30 bits per heavy atom. The number of carbonyl (C=O) groups excluding carboxylic acids is 1. The molecule has 112 valence electrons. The normalized spacial score (nSPS) is 13.1. The predicted octanol–water partition coefficient (Wildman–Crippen LogP) is 2.42. The number of carbonyl (C=O) groups is 1. The molecule has 0 unspecified atom stereocenters. The molecule has 2 N–H and O–H groups in total. The van der Waals surface area contributed by atoms with Crippen LogP contribution in [-0.2, 0) is 11.2 Å². The van der Waals surface area contributed by atoms with Crippen molar-refractivity contribution < 1.29 is 18.7 Å². The zero-order valence-electron chi connectivity index (χ0n) is 12.0. The van der Waals surface area contributed by atoms with Gasteiger partial charge in [-0.3, -0.25) is 4.79 Å². The highest BCUT2D eigenvalue weighted by molar-refractivity contribution is 5.78. The van der Waals surface area contributed by atoms with E-state index < -0.39 is 11.6 Å². The molecule has 0 fully saturated rings. The van der Waals surface area contributed by atoms with Gasteiger partial charge >= 0.3 is 0 Å². The van der Waals surface area contributed by atoms with Crippen LogP contribution in [0.5, 0.6) is 0 Å². The van der Waals surface area contributed by atoms with Gasteiger partial charge in [0.05, 0.1) is 19.1 Å². The van der Waals surface area contributed by atoms with Gasteiger partial charge in [0, 0.05) is 0 Å². The van der Waals surface area contributed by atoms with E-state index in [1.165, 1.54) is 6.07 Å². The maximum Gasteiger partial charge on any atom is 0.224 e. The first kappa shape index (κ1) is 16.6. The summed E-state index contributed by atoms with van der Waals surface area (Å²) >= 11 is 0. The van der Waals surface area contributed by atoms with Crippen molar-refractivity contribution >= 4 is 5.91 Å². The molecule has 1 aromatic carbocycles. The van der Waals surface area contributed by atoms with Crippen molar-refractivity contribution in [3.8, 4) is 0 Å². The first-order valence-corrected chi connectivity index (χ1v) is 6.55. The van der Waals surface area contributed by atoms with Crippen LogP contribution in [0.1, 0.15) is 32.8 Å². The molecule has 0 spiro atoms. The highest BCUT2D eigenvalue weighted by Gasteiger charge is 2.20. The Morgan fingerprint density at radius 2 is 1.95 bits per heavy atom.